The smallest absolute Gasteiger partial charge is 0.206 e. The predicted molar refractivity (Wildman–Crippen MR) is 70.4 cm³/mol. The zero-order valence-corrected chi connectivity index (χ0v) is 11.1. The molecule has 0 amide bonds. The number of rotatable bonds is 7. The van der Waals surface area contributed by atoms with E-state index in [0.29, 0.717) is 30.1 Å². The van der Waals surface area contributed by atoms with Gasteiger partial charge in [-0.25, -0.2) is 0 Å². The molecule has 0 fully saturated rings. The second kappa shape index (κ2) is 6.91. The van der Waals surface area contributed by atoms with Gasteiger partial charge in [0, 0.05) is 6.42 Å². The zero-order valence-electron chi connectivity index (χ0n) is 11.1. The van der Waals surface area contributed by atoms with Gasteiger partial charge in [0.2, 0.25) is 5.75 Å². The lowest BCUT2D eigenvalue weighted by Crippen LogP contribution is -2.15. The van der Waals surface area contributed by atoms with Crippen LogP contribution >= 0.6 is 0 Å². The Morgan fingerprint density at radius 3 is 2.22 bits per heavy atom. The van der Waals surface area contributed by atoms with Crippen molar-refractivity contribution in [2.75, 3.05) is 14.2 Å². The van der Waals surface area contributed by atoms with Crippen LogP contribution in [0.25, 0.3) is 0 Å². The summed E-state index contributed by atoms with van der Waals surface area (Å²) in [4.78, 5) is 0. The Labute approximate surface area is 108 Å². The largest absolute Gasteiger partial charge is 0.493 e. The first-order valence-electron chi connectivity index (χ1n) is 5.86. The summed E-state index contributed by atoms with van der Waals surface area (Å²) in [5.41, 5.74) is 1.01. The monoisotopic (exact) mass is 252 g/mol. The number of ether oxygens (including phenoxy) is 3. The number of allylic oxidation sites excluding steroid dienone is 1. The highest BCUT2D eigenvalue weighted by molar-refractivity contribution is 5.54. The Morgan fingerprint density at radius 1 is 1.28 bits per heavy atom. The summed E-state index contributed by atoms with van der Waals surface area (Å²) in [6.07, 6.45) is 2.12. The third-order valence-electron chi connectivity index (χ3n) is 2.50. The molecule has 0 saturated heterocycles. The Kier molecular flexibility index (Phi) is 5.52. The van der Waals surface area contributed by atoms with Crippen molar-refractivity contribution in [2.45, 2.75) is 26.1 Å². The van der Waals surface area contributed by atoms with E-state index in [9.17, 15) is 5.11 Å². The van der Waals surface area contributed by atoms with Gasteiger partial charge in [0.1, 0.15) is 0 Å². The van der Waals surface area contributed by atoms with Crippen molar-refractivity contribution < 1.29 is 19.3 Å². The fourth-order valence-corrected chi connectivity index (χ4v) is 1.55. The molecule has 1 N–H and O–H groups in total. The highest BCUT2D eigenvalue weighted by atomic mass is 16.6. The fraction of sp³-hybridized carbons (Fsp3) is 0.429. The van der Waals surface area contributed by atoms with Gasteiger partial charge in [-0.05, 0) is 24.1 Å². The van der Waals surface area contributed by atoms with Gasteiger partial charge in [-0.2, -0.15) is 0 Å². The molecule has 0 aromatic heterocycles. The summed E-state index contributed by atoms with van der Waals surface area (Å²) < 4.78 is 16.0. The van der Waals surface area contributed by atoms with Crippen molar-refractivity contribution in [1.82, 2.24) is 0 Å². The third kappa shape index (κ3) is 3.40. The maximum atomic E-state index is 9.57. The molecular formula is C14H20O4. The molecule has 0 radical (unpaired) electrons. The summed E-state index contributed by atoms with van der Waals surface area (Å²) in [5, 5.41) is 9.57. The number of aliphatic hydroxyl groups is 1. The van der Waals surface area contributed by atoms with Gasteiger partial charge >= 0.3 is 0 Å². The molecule has 0 spiro atoms. The van der Waals surface area contributed by atoms with Gasteiger partial charge in [-0.15, -0.1) is 6.58 Å². The molecule has 0 heterocycles. The summed E-state index contributed by atoms with van der Waals surface area (Å²) >= 11 is 0. The second-order valence-corrected chi connectivity index (χ2v) is 3.80. The lowest BCUT2D eigenvalue weighted by atomic mass is 10.1. The van der Waals surface area contributed by atoms with Gasteiger partial charge in [0.15, 0.2) is 17.8 Å². The molecule has 1 atom stereocenters. The summed E-state index contributed by atoms with van der Waals surface area (Å²) in [6, 6.07) is 3.70. The Morgan fingerprint density at radius 2 is 1.83 bits per heavy atom. The minimum Gasteiger partial charge on any atom is -0.493 e. The standard InChI is InChI=1S/C14H20O4/c1-5-7-10-8-11(16-3)14(12(9-10)17-4)18-13(15)6-2/h5,8-9,13,15H,1,6-7H2,2-4H3. The first-order chi connectivity index (χ1) is 8.65. The zero-order chi connectivity index (χ0) is 13.5. The molecule has 0 saturated carbocycles. The van der Waals surface area contributed by atoms with Gasteiger partial charge < -0.3 is 19.3 Å². The van der Waals surface area contributed by atoms with E-state index in [1.54, 1.807) is 20.3 Å². The van der Waals surface area contributed by atoms with Gasteiger partial charge in [0.05, 0.1) is 14.2 Å². The average molecular weight is 252 g/mol. The molecule has 4 nitrogen and oxygen atoms in total. The molecule has 0 aliphatic heterocycles. The van der Waals surface area contributed by atoms with Crippen molar-refractivity contribution >= 4 is 0 Å². The van der Waals surface area contributed by atoms with Crippen LogP contribution in [0, 0.1) is 0 Å². The molecule has 18 heavy (non-hydrogen) atoms. The van der Waals surface area contributed by atoms with Crippen LogP contribution in [-0.2, 0) is 6.42 Å². The van der Waals surface area contributed by atoms with Crippen molar-refractivity contribution in [3.05, 3.63) is 30.4 Å². The average Bonchev–Trinajstić information content (AvgIpc) is 2.39. The van der Waals surface area contributed by atoms with E-state index in [-0.39, 0.29) is 0 Å². The number of benzene rings is 1. The van der Waals surface area contributed by atoms with Gasteiger partial charge in [-0.1, -0.05) is 13.0 Å². The highest BCUT2D eigenvalue weighted by Crippen LogP contribution is 2.39. The topological polar surface area (TPSA) is 47.9 Å². The predicted octanol–water partition coefficient (Wildman–Crippen LogP) is 2.54. The molecule has 1 aromatic rings. The maximum Gasteiger partial charge on any atom is 0.206 e. The van der Waals surface area contributed by atoms with E-state index in [4.69, 9.17) is 14.2 Å². The van der Waals surface area contributed by atoms with Crippen molar-refractivity contribution in [3.63, 3.8) is 0 Å². The minimum atomic E-state index is -0.877. The molecule has 1 aromatic carbocycles. The molecule has 0 bridgehead atoms. The van der Waals surface area contributed by atoms with Crippen LogP contribution in [0.4, 0.5) is 0 Å². The van der Waals surface area contributed by atoms with Crippen molar-refractivity contribution in [1.29, 1.82) is 0 Å². The fourth-order valence-electron chi connectivity index (χ4n) is 1.55. The molecule has 0 aliphatic rings. The SMILES string of the molecule is C=CCc1cc(OC)c(OC(O)CC)c(OC)c1. The number of hydrogen-bond donors (Lipinski definition) is 1. The van der Waals surface area contributed by atoms with Gasteiger partial charge in [-0.3, -0.25) is 0 Å². The summed E-state index contributed by atoms with van der Waals surface area (Å²) in [5.74, 6) is 1.50. The maximum absolute atomic E-state index is 9.57. The molecule has 0 aliphatic carbocycles. The highest BCUT2D eigenvalue weighted by Gasteiger charge is 2.16. The first-order valence-corrected chi connectivity index (χ1v) is 5.86. The number of methoxy groups -OCH3 is 2. The van der Waals surface area contributed by atoms with Crippen molar-refractivity contribution in [2.24, 2.45) is 0 Å². The minimum absolute atomic E-state index is 0.419. The van der Waals surface area contributed by atoms with Gasteiger partial charge in [0.25, 0.3) is 0 Å². The molecule has 4 heteroatoms. The van der Waals surface area contributed by atoms with Crippen LogP contribution in [0.3, 0.4) is 0 Å². The van der Waals surface area contributed by atoms with Crippen LogP contribution in [0.1, 0.15) is 18.9 Å². The quantitative estimate of drug-likeness (QED) is 0.598. The normalized spacial score (nSPS) is 11.8. The van der Waals surface area contributed by atoms with Crippen LogP contribution in [-0.4, -0.2) is 25.6 Å². The lowest BCUT2D eigenvalue weighted by Gasteiger charge is -2.18. The Hall–Kier alpha value is -1.68. The number of hydrogen-bond acceptors (Lipinski definition) is 4. The van der Waals surface area contributed by atoms with Crippen LogP contribution in [0.5, 0.6) is 17.2 Å². The Bertz CT molecular complexity index is 376. The van der Waals surface area contributed by atoms with E-state index in [2.05, 4.69) is 6.58 Å². The van der Waals surface area contributed by atoms with E-state index >= 15 is 0 Å². The molecule has 1 unspecified atom stereocenters. The molecule has 1 rings (SSSR count). The van der Waals surface area contributed by atoms with E-state index in [1.165, 1.54) is 0 Å². The van der Waals surface area contributed by atoms with Crippen LogP contribution in [0.2, 0.25) is 0 Å². The van der Waals surface area contributed by atoms with Crippen LogP contribution in [0.15, 0.2) is 24.8 Å². The lowest BCUT2D eigenvalue weighted by molar-refractivity contribution is -0.0223. The molecular weight excluding hydrogens is 232 g/mol. The molecule has 100 valence electrons. The Balaban J connectivity index is 3.16. The van der Waals surface area contributed by atoms with E-state index in [1.807, 2.05) is 19.1 Å². The summed E-state index contributed by atoms with van der Waals surface area (Å²) in [7, 11) is 3.11. The first kappa shape index (κ1) is 14.4. The van der Waals surface area contributed by atoms with E-state index < -0.39 is 6.29 Å². The van der Waals surface area contributed by atoms with Crippen molar-refractivity contribution in [3.8, 4) is 17.2 Å². The number of aliphatic hydroxyl groups excluding tert-OH is 1. The summed E-state index contributed by atoms with van der Waals surface area (Å²) in [6.45, 7) is 5.53. The van der Waals surface area contributed by atoms with Crippen LogP contribution < -0.4 is 14.2 Å². The third-order valence-corrected chi connectivity index (χ3v) is 2.50. The van der Waals surface area contributed by atoms with E-state index in [0.717, 1.165) is 5.56 Å². The second-order valence-electron chi connectivity index (χ2n) is 3.80.